The average molecular weight is 778 g/mol. The molecule has 13 rings (SSSR count). The molecular weight excluding hydrogens is 739 g/mol. The Kier molecular flexibility index (Phi) is 7.10. The minimum Gasteiger partial charge on any atom is -0.455 e. The Morgan fingerprint density at radius 1 is 0.361 bits per heavy atom. The second-order valence-electron chi connectivity index (χ2n) is 17.2. The van der Waals surface area contributed by atoms with Gasteiger partial charge in [0.05, 0.1) is 11.0 Å². The van der Waals surface area contributed by atoms with Crippen LogP contribution in [0.2, 0.25) is 0 Å². The number of furan rings is 1. The summed E-state index contributed by atoms with van der Waals surface area (Å²) in [5, 5.41) is 9.79. The van der Waals surface area contributed by atoms with Gasteiger partial charge in [-0.2, -0.15) is 0 Å². The minimum atomic E-state index is -0.0714. The first-order chi connectivity index (χ1) is 30.0. The Labute approximate surface area is 353 Å². The molecule has 2 heterocycles. The van der Waals surface area contributed by atoms with E-state index in [4.69, 9.17) is 4.42 Å². The highest BCUT2D eigenvalue weighted by Crippen LogP contribution is 2.51. The highest BCUT2D eigenvalue weighted by molar-refractivity contribution is 6.21. The van der Waals surface area contributed by atoms with Crippen LogP contribution in [0.5, 0.6) is 0 Å². The standard InChI is InChI=1S/C59H39NO/c1-59(2)51-23-10-7-14-41(51)42-32-28-38(35-52(42)59)57-47-19-5-3-17-45(47)56(46-18-4-6-20-48(46)57)36-26-30-39(31-27-36)60-53-24-11-8-15-43(53)50-34-37(29-33-54(50)60)40-21-13-22-49-44-16-9-12-25-55(44)61-58(40)49/h3-35H,1-2H3. The van der Waals surface area contributed by atoms with Crippen LogP contribution in [-0.4, -0.2) is 4.57 Å². The van der Waals surface area contributed by atoms with Gasteiger partial charge in [-0.1, -0.05) is 172 Å². The molecule has 0 fully saturated rings. The summed E-state index contributed by atoms with van der Waals surface area (Å²) in [7, 11) is 0. The average Bonchev–Trinajstić information content (AvgIpc) is 3.93. The lowest BCUT2D eigenvalue weighted by Gasteiger charge is -2.23. The Morgan fingerprint density at radius 2 is 0.902 bits per heavy atom. The summed E-state index contributed by atoms with van der Waals surface area (Å²) in [5.74, 6) is 0. The van der Waals surface area contributed by atoms with E-state index in [1.54, 1.807) is 0 Å². The molecular formula is C59H39NO. The summed E-state index contributed by atoms with van der Waals surface area (Å²) >= 11 is 0. The topological polar surface area (TPSA) is 18.1 Å². The third-order valence-electron chi connectivity index (χ3n) is 13.6. The van der Waals surface area contributed by atoms with E-state index < -0.39 is 0 Å². The molecule has 2 heteroatoms. The molecule has 2 aromatic heterocycles. The Bertz CT molecular complexity index is 3730. The molecule has 61 heavy (non-hydrogen) atoms. The zero-order valence-electron chi connectivity index (χ0n) is 33.9. The van der Waals surface area contributed by atoms with Crippen molar-refractivity contribution in [3.05, 3.63) is 211 Å². The number of benzene rings is 10. The molecule has 12 aromatic rings. The second kappa shape index (κ2) is 12.7. The number of fused-ring (bicyclic) bond motifs is 11. The van der Waals surface area contributed by atoms with Gasteiger partial charge in [0, 0.05) is 38.2 Å². The maximum Gasteiger partial charge on any atom is 0.143 e. The van der Waals surface area contributed by atoms with Crippen molar-refractivity contribution in [3.8, 4) is 50.2 Å². The van der Waals surface area contributed by atoms with Crippen molar-refractivity contribution in [1.29, 1.82) is 0 Å². The first kappa shape index (κ1) is 34.2. The van der Waals surface area contributed by atoms with Crippen molar-refractivity contribution >= 4 is 65.3 Å². The van der Waals surface area contributed by atoms with Crippen LogP contribution in [0, 0.1) is 0 Å². The summed E-state index contributed by atoms with van der Waals surface area (Å²) < 4.78 is 8.88. The van der Waals surface area contributed by atoms with Crippen LogP contribution in [0.15, 0.2) is 205 Å². The summed E-state index contributed by atoms with van der Waals surface area (Å²) in [4.78, 5) is 0. The van der Waals surface area contributed by atoms with Crippen molar-refractivity contribution in [2.45, 2.75) is 19.3 Å². The van der Waals surface area contributed by atoms with E-state index in [2.05, 4.69) is 213 Å². The van der Waals surface area contributed by atoms with Crippen molar-refractivity contribution in [1.82, 2.24) is 4.57 Å². The SMILES string of the molecule is CC1(C)c2ccccc2-c2ccc(-c3c4ccccc4c(-c4ccc(-n5c6ccccc6c6cc(-c7cccc8c7oc7ccccc78)ccc65)cc4)c4ccccc34)cc21. The summed E-state index contributed by atoms with van der Waals surface area (Å²) in [5.41, 5.74) is 18.0. The predicted octanol–water partition coefficient (Wildman–Crippen LogP) is 16.3. The number of nitrogens with zero attached hydrogens (tertiary/aromatic N) is 1. The zero-order chi connectivity index (χ0) is 40.4. The molecule has 0 saturated carbocycles. The van der Waals surface area contributed by atoms with Crippen LogP contribution in [0.1, 0.15) is 25.0 Å². The van der Waals surface area contributed by atoms with Crippen LogP contribution >= 0.6 is 0 Å². The molecule has 0 amide bonds. The van der Waals surface area contributed by atoms with E-state index in [1.807, 2.05) is 6.07 Å². The lowest BCUT2D eigenvalue weighted by Crippen LogP contribution is -2.14. The van der Waals surface area contributed by atoms with Crippen LogP contribution in [0.3, 0.4) is 0 Å². The lowest BCUT2D eigenvalue weighted by molar-refractivity contribution is 0.660. The van der Waals surface area contributed by atoms with E-state index in [9.17, 15) is 0 Å². The van der Waals surface area contributed by atoms with E-state index in [-0.39, 0.29) is 5.41 Å². The van der Waals surface area contributed by atoms with Gasteiger partial charge < -0.3 is 8.98 Å². The van der Waals surface area contributed by atoms with E-state index in [0.29, 0.717) is 0 Å². The molecule has 1 aliphatic rings. The smallest absolute Gasteiger partial charge is 0.143 e. The fourth-order valence-corrected chi connectivity index (χ4v) is 10.8. The van der Waals surface area contributed by atoms with Crippen LogP contribution in [0.25, 0.3) is 115 Å². The van der Waals surface area contributed by atoms with Crippen LogP contribution in [-0.2, 0) is 5.41 Å². The first-order valence-electron chi connectivity index (χ1n) is 21.3. The molecule has 0 bridgehead atoms. The minimum absolute atomic E-state index is 0.0714. The van der Waals surface area contributed by atoms with Crippen LogP contribution in [0.4, 0.5) is 0 Å². The van der Waals surface area contributed by atoms with E-state index in [1.165, 1.54) is 87.9 Å². The highest BCUT2D eigenvalue weighted by atomic mass is 16.3. The van der Waals surface area contributed by atoms with Crippen LogP contribution < -0.4 is 0 Å². The van der Waals surface area contributed by atoms with Gasteiger partial charge >= 0.3 is 0 Å². The van der Waals surface area contributed by atoms with Gasteiger partial charge in [0.2, 0.25) is 0 Å². The van der Waals surface area contributed by atoms with E-state index >= 15 is 0 Å². The van der Waals surface area contributed by atoms with Crippen molar-refractivity contribution in [2.24, 2.45) is 0 Å². The fraction of sp³-hybridized carbons (Fsp3) is 0.0508. The summed E-state index contributed by atoms with van der Waals surface area (Å²) in [6, 6.07) is 73.6. The Hall–Kier alpha value is -7.68. The van der Waals surface area contributed by atoms with Gasteiger partial charge in [-0.3, -0.25) is 0 Å². The third-order valence-corrected chi connectivity index (χ3v) is 13.6. The predicted molar refractivity (Wildman–Crippen MR) is 257 cm³/mol. The van der Waals surface area contributed by atoms with Crippen molar-refractivity contribution in [3.63, 3.8) is 0 Å². The maximum atomic E-state index is 6.47. The van der Waals surface area contributed by atoms with Gasteiger partial charge in [-0.05, 0) is 114 Å². The molecule has 1 aliphatic carbocycles. The zero-order valence-corrected chi connectivity index (χ0v) is 33.9. The monoisotopic (exact) mass is 777 g/mol. The molecule has 286 valence electrons. The number of rotatable bonds is 4. The van der Waals surface area contributed by atoms with Gasteiger partial charge in [0.15, 0.2) is 0 Å². The second-order valence-corrected chi connectivity index (χ2v) is 17.2. The lowest BCUT2D eigenvalue weighted by atomic mass is 9.80. The van der Waals surface area contributed by atoms with Gasteiger partial charge in [-0.15, -0.1) is 0 Å². The normalized spacial score (nSPS) is 13.2. The molecule has 2 nitrogen and oxygen atoms in total. The largest absolute Gasteiger partial charge is 0.455 e. The first-order valence-corrected chi connectivity index (χ1v) is 21.3. The number of hydrogen-bond acceptors (Lipinski definition) is 1. The highest BCUT2D eigenvalue weighted by Gasteiger charge is 2.35. The van der Waals surface area contributed by atoms with Crippen molar-refractivity contribution < 1.29 is 4.42 Å². The number of para-hydroxylation sites is 3. The summed E-state index contributed by atoms with van der Waals surface area (Å²) in [6.07, 6.45) is 0. The van der Waals surface area contributed by atoms with Crippen molar-refractivity contribution in [2.75, 3.05) is 0 Å². The molecule has 0 aliphatic heterocycles. The fourth-order valence-electron chi connectivity index (χ4n) is 10.8. The number of hydrogen-bond donors (Lipinski definition) is 0. The Morgan fingerprint density at radius 3 is 1.66 bits per heavy atom. The van der Waals surface area contributed by atoms with Gasteiger partial charge in [0.1, 0.15) is 11.2 Å². The third kappa shape index (κ3) is 4.85. The Balaban J connectivity index is 0.951. The van der Waals surface area contributed by atoms with Gasteiger partial charge in [0.25, 0.3) is 0 Å². The molecule has 10 aromatic carbocycles. The maximum absolute atomic E-state index is 6.47. The van der Waals surface area contributed by atoms with E-state index in [0.717, 1.165) is 38.8 Å². The molecule has 0 N–H and O–H groups in total. The number of aromatic nitrogens is 1. The molecule has 0 atom stereocenters. The molecule has 0 unspecified atom stereocenters. The summed E-state index contributed by atoms with van der Waals surface area (Å²) in [6.45, 7) is 4.73. The quantitative estimate of drug-likeness (QED) is 0.163. The molecule has 0 radical (unpaired) electrons. The molecule has 0 saturated heterocycles. The molecule has 0 spiro atoms. The van der Waals surface area contributed by atoms with Gasteiger partial charge in [-0.25, -0.2) is 0 Å².